The van der Waals surface area contributed by atoms with E-state index in [4.69, 9.17) is 15.3 Å². The first-order valence-electron chi connectivity index (χ1n) is 4.93. The SMILES string of the molecule is O=C(n1ccc(=O)[nH]c1=O)C(F)(F)[C@@H](O)[C@H](O)CO. The molecule has 0 spiro atoms. The molecule has 106 valence electrons. The van der Waals surface area contributed by atoms with Gasteiger partial charge in [-0.25, -0.2) is 9.36 Å². The lowest BCUT2D eigenvalue weighted by Gasteiger charge is -2.24. The fourth-order valence-corrected chi connectivity index (χ4v) is 1.21. The number of carbonyl (C=O) groups excluding carboxylic acids is 1. The van der Waals surface area contributed by atoms with Gasteiger partial charge in [0.05, 0.1) is 6.61 Å². The van der Waals surface area contributed by atoms with Crippen molar-refractivity contribution in [3.8, 4) is 0 Å². The van der Waals surface area contributed by atoms with Gasteiger partial charge in [0.1, 0.15) is 6.10 Å². The van der Waals surface area contributed by atoms with Crippen LogP contribution in [0.5, 0.6) is 0 Å². The minimum atomic E-state index is -4.52. The largest absolute Gasteiger partial charge is 0.394 e. The van der Waals surface area contributed by atoms with Crippen LogP contribution in [-0.4, -0.2) is 55.5 Å². The quantitative estimate of drug-likeness (QED) is 0.483. The summed E-state index contributed by atoms with van der Waals surface area (Å²) in [5.41, 5.74) is -2.31. The second-order valence-corrected chi connectivity index (χ2v) is 3.60. The number of alkyl halides is 2. The summed E-state index contributed by atoms with van der Waals surface area (Å²) in [5.74, 6) is -6.67. The van der Waals surface area contributed by atoms with E-state index in [1.54, 1.807) is 4.98 Å². The van der Waals surface area contributed by atoms with Crippen LogP contribution in [0.2, 0.25) is 0 Å². The summed E-state index contributed by atoms with van der Waals surface area (Å²) in [6.45, 7) is -1.20. The maximum atomic E-state index is 13.5. The molecule has 0 aliphatic carbocycles. The molecule has 10 heteroatoms. The predicted molar refractivity (Wildman–Crippen MR) is 56.0 cm³/mol. The van der Waals surface area contributed by atoms with Gasteiger partial charge in [-0.1, -0.05) is 0 Å². The van der Waals surface area contributed by atoms with Crippen molar-refractivity contribution in [2.24, 2.45) is 0 Å². The van der Waals surface area contributed by atoms with Gasteiger partial charge in [0.25, 0.3) is 5.56 Å². The monoisotopic (exact) mass is 280 g/mol. The van der Waals surface area contributed by atoms with Crippen molar-refractivity contribution in [1.29, 1.82) is 0 Å². The Labute approximate surface area is 103 Å². The van der Waals surface area contributed by atoms with Crippen molar-refractivity contribution < 1.29 is 28.9 Å². The van der Waals surface area contributed by atoms with Gasteiger partial charge in [-0.2, -0.15) is 8.78 Å². The zero-order chi connectivity index (χ0) is 14.8. The van der Waals surface area contributed by atoms with Crippen LogP contribution < -0.4 is 11.2 Å². The van der Waals surface area contributed by atoms with E-state index in [2.05, 4.69) is 0 Å². The molecule has 1 rings (SSSR count). The lowest BCUT2D eigenvalue weighted by molar-refractivity contribution is -0.136. The topological polar surface area (TPSA) is 133 Å². The van der Waals surface area contributed by atoms with Crippen LogP contribution in [0.15, 0.2) is 21.9 Å². The van der Waals surface area contributed by atoms with Gasteiger partial charge >= 0.3 is 17.5 Å². The number of aliphatic hydroxyl groups is 3. The smallest absolute Gasteiger partial charge is 0.353 e. The molecule has 0 fully saturated rings. The van der Waals surface area contributed by atoms with E-state index in [9.17, 15) is 23.2 Å². The van der Waals surface area contributed by atoms with Crippen LogP contribution in [0.1, 0.15) is 4.79 Å². The third-order valence-corrected chi connectivity index (χ3v) is 2.25. The Kier molecular flexibility index (Phi) is 4.29. The maximum Gasteiger partial charge on any atom is 0.353 e. The first-order valence-corrected chi connectivity index (χ1v) is 4.93. The molecule has 0 saturated carbocycles. The Hall–Kier alpha value is -1.91. The van der Waals surface area contributed by atoms with Gasteiger partial charge in [0.15, 0.2) is 6.10 Å². The highest BCUT2D eigenvalue weighted by molar-refractivity contribution is 5.86. The highest BCUT2D eigenvalue weighted by Gasteiger charge is 2.50. The number of aliphatic hydroxyl groups excluding tert-OH is 3. The molecule has 0 bridgehead atoms. The second kappa shape index (κ2) is 5.38. The van der Waals surface area contributed by atoms with Crippen LogP contribution in [0.25, 0.3) is 0 Å². The Morgan fingerprint density at radius 3 is 2.47 bits per heavy atom. The fraction of sp³-hybridized carbons (Fsp3) is 0.444. The molecule has 0 aliphatic heterocycles. The molecular weight excluding hydrogens is 270 g/mol. The summed E-state index contributed by atoms with van der Waals surface area (Å²) in [4.78, 5) is 34.8. The minimum absolute atomic E-state index is 0.116. The molecule has 4 N–H and O–H groups in total. The number of nitrogens with one attached hydrogen (secondary N) is 1. The summed E-state index contributed by atoms with van der Waals surface area (Å²) in [7, 11) is 0. The Morgan fingerprint density at radius 1 is 1.42 bits per heavy atom. The van der Waals surface area contributed by atoms with E-state index in [-0.39, 0.29) is 4.57 Å². The summed E-state index contributed by atoms with van der Waals surface area (Å²) >= 11 is 0. The number of hydrogen-bond donors (Lipinski definition) is 4. The molecule has 0 unspecified atom stereocenters. The van der Waals surface area contributed by atoms with Crippen molar-refractivity contribution in [3.63, 3.8) is 0 Å². The fourth-order valence-electron chi connectivity index (χ4n) is 1.21. The van der Waals surface area contributed by atoms with E-state index in [0.29, 0.717) is 12.3 Å². The van der Waals surface area contributed by atoms with E-state index < -0.39 is 41.9 Å². The molecule has 0 radical (unpaired) electrons. The maximum absolute atomic E-state index is 13.5. The number of hydrogen-bond acceptors (Lipinski definition) is 6. The number of H-pyrrole nitrogens is 1. The number of carbonyl (C=O) groups is 1. The number of aromatic nitrogens is 2. The van der Waals surface area contributed by atoms with Gasteiger partial charge in [0, 0.05) is 12.3 Å². The van der Waals surface area contributed by atoms with Crippen LogP contribution in [0.3, 0.4) is 0 Å². The lowest BCUT2D eigenvalue weighted by atomic mass is 10.1. The molecule has 0 amide bonds. The van der Waals surface area contributed by atoms with Gasteiger partial charge in [-0.3, -0.25) is 14.6 Å². The van der Waals surface area contributed by atoms with Gasteiger partial charge < -0.3 is 15.3 Å². The van der Waals surface area contributed by atoms with Crippen molar-refractivity contribution >= 4 is 5.91 Å². The Bertz CT molecular complexity index is 581. The average molecular weight is 280 g/mol. The highest BCUT2D eigenvalue weighted by atomic mass is 19.3. The molecule has 0 aromatic carbocycles. The molecule has 1 heterocycles. The van der Waals surface area contributed by atoms with E-state index >= 15 is 0 Å². The number of aromatic amines is 1. The van der Waals surface area contributed by atoms with Crippen molar-refractivity contribution in [1.82, 2.24) is 9.55 Å². The van der Waals surface area contributed by atoms with Crippen molar-refractivity contribution in [3.05, 3.63) is 33.1 Å². The zero-order valence-corrected chi connectivity index (χ0v) is 9.29. The molecular formula is C9H10F2N2O6. The molecule has 1 aromatic heterocycles. The van der Waals surface area contributed by atoms with Crippen molar-refractivity contribution in [2.75, 3.05) is 6.61 Å². The normalized spacial score (nSPS) is 15.0. The summed E-state index contributed by atoms with van der Waals surface area (Å²) in [6.07, 6.45) is -4.66. The lowest BCUT2D eigenvalue weighted by Crippen LogP contribution is -2.53. The summed E-state index contributed by atoms with van der Waals surface area (Å²) in [6, 6.07) is 0.657. The molecule has 2 atom stereocenters. The van der Waals surface area contributed by atoms with E-state index in [1.165, 1.54) is 0 Å². The first kappa shape index (κ1) is 15.1. The summed E-state index contributed by atoms with van der Waals surface area (Å²) in [5, 5.41) is 26.4. The van der Waals surface area contributed by atoms with E-state index in [1.807, 2.05) is 0 Å². The third-order valence-electron chi connectivity index (χ3n) is 2.25. The average Bonchev–Trinajstić information content (AvgIpc) is 2.36. The van der Waals surface area contributed by atoms with Gasteiger partial charge in [0.2, 0.25) is 0 Å². The highest BCUT2D eigenvalue weighted by Crippen LogP contribution is 2.22. The molecule has 8 nitrogen and oxygen atoms in total. The van der Waals surface area contributed by atoms with E-state index in [0.717, 1.165) is 0 Å². The van der Waals surface area contributed by atoms with Crippen LogP contribution in [0, 0.1) is 0 Å². The summed E-state index contributed by atoms with van der Waals surface area (Å²) < 4.78 is 26.9. The Balaban J connectivity index is 3.18. The zero-order valence-electron chi connectivity index (χ0n) is 9.29. The van der Waals surface area contributed by atoms with Crippen LogP contribution in [0.4, 0.5) is 8.78 Å². The second-order valence-electron chi connectivity index (χ2n) is 3.60. The molecule has 0 aliphatic rings. The van der Waals surface area contributed by atoms with Gasteiger partial charge in [-0.15, -0.1) is 0 Å². The standard InChI is InChI=1S/C9H10F2N2O6/c10-9(11,6(17)4(15)3-14)7(18)13-2-1-5(16)12-8(13)19/h1-2,4,6,14-15,17H,3H2,(H,12,16,19)/t4-,6+/m1/s1. The molecule has 0 saturated heterocycles. The van der Waals surface area contributed by atoms with Crippen LogP contribution >= 0.6 is 0 Å². The number of rotatable bonds is 4. The third kappa shape index (κ3) is 2.92. The predicted octanol–water partition coefficient (Wildman–Crippen LogP) is -2.47. The van der Waals surface area contributed by atoms with Gasteiger partial charge in [-0.05, 0) is 0 Å². The minimum Gasteiger partial charge on any atom is -0.394 e. The molecule has 1 aromatic rings. The first-order chi connectivity index (χ1) is 8.71. The molecule has 19 heavy (non-hydrogen) atoms. The number of halogens is 2. The Morgan fingerprint density at radius 2 is 2.00 bits per heavy atom. The van der Waals surface area contributed by atoms with Crippen LogP contribution in [-0.2, 0) is 0 Å². The number of nitrogens with zero attached hydrogens (tertiary/aromatic N) is 1. The van der Waals surface area contributed by atoms with Crippen molar-refractivity contribution in [2.45, 2.75) is 18.1 Å².